The lowest BCUT2D eigenvalue weighted by atomic mass is 9.73. The second-order valence-corrected chi connectivity index (χ2v) is 9.76. The second-order valence-electron chi connectivity index (χ2n) is 9.76. The van der Waals surface area contributed by atoms with E-state index in [2.05, 4.69) is 34.8 Å². The second kappa shape index (κ2) is 9.67. The molecule has 2 heterocycles. The molecule has 2 aliphatic heterocycles. The van der Waals surface area contributed by atoms with Gasteiger partial charge in [-0.3, -0.25) is 4.90 Å². The molecule has 0 spiro atoms. The third-order valence-corrected chi connectivity index (χ3v) is 8.30. The van der Waals surface area contributed by atoms with E-state index in [-0.39, 0.29) is 28.7 Å². The van der Waals surface area contributed by atoms with Gasteiger partial charge < -0.3 is 9.84 Å². The van der Waals surface area contributed by atoms with E-state index in [1.165, 1.54) is 61.4 Å². The van der Waals surface area contributed by atoms with Crippen molar-refractivity contribution in [3.63, 3.8) is 0 Å². The van der Waals surface area contributed by atoms with Gasteiger partial charge in [-0.25, -0.2) is 13.6 Å². The van der Waals surface area contributed by atoms with Gasteiger partial charge in [-0.15, -0.1) is 0 Å². The Labute approximate surface area is 208 Å². The molecule has 3 aliphatic rings. The van der Waals surface area contributed by atoms with Crippen LogP contribution in [-0.2, 0) is 15.1 Å². The Kier molecular flexibility index (Phi) is 7.19. The van der Waals surface area contributed by atoms with Gasteiger partial charge in [0.05, 0.1) is 0 Å². The Morgan fingerprint density at radius 2 is 1.53 bits per heavy atom. The first-order chi connectivity index (χ1) is 16.3. The highest BCUT2D eigenvalue weighted by molar-refractivity contribution is 9.08. The van der Waals surface area contributed by atoms with Crippen LogP contribution in [-0.4, -0.2) is 46.5 Å². The van der Waals surface area contributed by atoms with Crippen molar-refractivity contribution in [3.05, 3.63) is 71.3 Å². The fraction of sp³-hybridized carbons (Fsp3) is 0.519. The lowest BCUT2D eigenvalue weighted by molar-refractivity contribution is -0.179. The number of fused-ring (bicyclic) bond motifs is 2. The SMILES string of the molecule is CBr.CC1C(OC(=O)C(O)(c2ccc(F)cc2)c2ccc(F)cc2)CC2CCC1(C1CC1)N2C. The number of hydrogen-bond acceptors (Lipinski definition) is 4. The van der Waals surface area contributed by atoms with Crippen molar-refractivity contribution in [2.24, 2.45) is 11.8 Å². The van der Waals surface area contributed by atoms with E-state index in [1.54, 1.807) is 0 Å². The molecule has 5 rings (SSSR count). The average Bonchev–Trinajstić information content (AvgIpc) is 3.66. The summed E-state index contributed by atoms with van der Waals surface area (Å²) in [6.45, 7) is 2.16. The van der Waals surface area contributed by atoms with Crippen molar-refractivity contribution in [2.75, 3.05) is 12.9 Å². The molecule has 1 saturated carbocycles. The Morgan fingerprint density at radius 1 is 1.03 bits per heavy atom. The molecule has 2 saturated heterocycles. The van der Waals surface area contributed by atoms with Gasteiger partial charge in [0.15, 0.2) is 0 Å². The highest BCUT2D eigenvalue weighted by atomic mass is 79.9. The minimum atomic E-state index is -2.16. The lowest BCUT2D eigenvalue weighted by Gasteiger charge is -2.51. The fourth-order valence-corrected chi connectivity index (χ4v) is 6.33. The topological polar surface area (TPSA) is 49.8 Å². The Balaban J connectivity index is 0.00000133. The minimum Gasteiger partial charge on any atom is -0.459 e. The molecule has 184 valence electrons. The van der Waals surface area contributed by atoms with Crippen molar-refractivity contribution in [3.8, 4) is 0 Å². The summed E-state index contributed by atoms with van der Waals surface area (Å²) < 4.78 is 33.2. The number of hydrogen-bond donors (Lipinski definition) is 1. The highest BCUT2D eigenvalue weighted by Gasteiger charge is 2.62. The van der Waals surface area contributed by atoms with Crippen molar-refractivity contribution >= 4 is 21.9 Å². The van der Waals surface area contributed by atoms with E-state index in [0.29, 0.717) is 12.0 Å². The average molecular weight is 536 g/mol. The van der Waals surface area contributed by atoms with Crippen molar-refractivity contribution < 1.29 is 23.4 Å². The van der Waals surface area contributed by atoms with Crippen LogP contribution >= 0.6 is 15.9 Å². The summed E-state index contributed by atoms with van der Waals surface area (Å²) in [5.41, 5.74) is -1.74. The molecule has 4 atom stereocenters. The van der Waals surface area contributed by atoms with E-state index in [1.807, 2.05) is 5.83 Å². The van der Waals surface area contributed by atoms with Gasteiger partial charge in [-0.05, 0) is 79.9 Å². The van der Waals surface area contributed by atoms with Crippen LogP contribution in [0.4, 0.5) is 8.78 Å². The molecule has 34 heavy (non-hydrogen) atoms. The first kappa shape index (κ1) is 25.3. The number of esters is 1. The largest absolute Gasteiger partial charge is 0.459 e. The smallest absolute Gasteiger partial charge is 0.347 e. The van der Waals surface area contributed by atoms with Gasteiger partial charge in [0.25, 0.3) is 0 Å². The fourth-order valence-electron chi connectivity index (χ4n) is 6.33. The van der Waals surface area contributed by atoms with Crippen LogP contribution in [0.3, 0.4) is 0 Å². The molecular formula is C27H32BrF2NO3. The third-order valence-electron chi connectivity index (χ3n) is 8.30. The molecule has 0 aromatic heterocycles. The summed E-state index contributed by atoms with van der Waals surface area (Å²) in [4.78, 5) is 16.1. The molecule has 4 nitrogen and oxygen atoms in total. The van der Waals surface area contributed by atoms with Crippen LogP contribution in [0.15, 0.2) is 48.5 Å². The maximum absolute atomic E-state index is 13.6. The Morgan fingerprint density at radius 3 is 2.00 bits per heavy atom. The van der Waals surface area contributed by atoms with Crippen LogP contribution in [0, 0.1) is 23.5 Å². The lowest BCUT2D eigenvalue weighted by Crippen LogP contribution is -2.60. The quantitative estimate of drug-likeness (QED) is 0.411. The highest BCUT2D eigenvalue weighted by Crippen LogP contribution is 2.58. The summed E-state index contributed by atoms with van der Waals surface area (Å²) >= 11 is 2.94. The molecule has 2 aromatic carbocycles. The van der Waals surface area contributed by atoms with E-state index >= 15 is 0 Å². The standard InChI is InChI=1S/C26H29F2NO3.CH3Br/c1-16-23(15-22-13-14-25(16,29(22)2)17-3-4-17)32-24(30)26(31,18-5-9-20(27)10-6-18)19-7-11-21(28)12-8-19;1-2/h5-12,16-17,22-23,31H,3-4,13-15H2,1-2H3;1H3. The van der Waals surface area contributed by atoms with Crippen LogP contribution < -0.4 is 0 Å². The van der Waals surface area contributed by atoms with Crippen molar-refractivity contribution in [2.45, 2.75) is 62.3 Å². The van der Waals surface area contributed by atoms with E-state index in [0.717, 1.165) is 19.3 Å². The normalized spacial score (nSPS) is 28.7. The first-order valence-corrected chi connectivity index (χ1v) is 13.4. The number of alkyl halides is 1. The Hall–Kier alpha value is -1.83. The van der Waals surface area contributed by atoms with Gasteiger partial charge >= 0.3 is 5.97 Å². The minimum absolute atomic E-state index is 0.0394. The van der Waals surface area contributed by atoms with Crippen LogP contribution in [0.5, 0.6) is 0 Å². The summed E-state index contributed by atoms with van der Waals surface area (Å²) in [5, 5.41) is 11.7. The zero-order valence-electron chi connectivity index (χ0n) is 19.8. The van der Waals surface area contributed by atoms with E-state index < -0.39 is 23.2 Å². The van der Waals surface area contributed by atoms with E-state index in [9.17, 15) is 18.7 Å². The first-order valence-electron chi connectivity index (χ1n) is 11.8. The van der Waals surface area contributed by atoms with Gasteiger partial charge in [-0.1, -0.05) is 47.1 Å². The van der Waals surface area contributed by atoms with Crippen molar-refractivity contribution in [1.29, 1.82) is 0 Å². The predicted molar refractivity (Wildman–Crippen MR) is 131 cm³/mol. The molecule has 3 fully saturated rings. The maximum atomic E-state index is 13.6. The summed E-state index contributed by atoms with van der Waals surface area (Å²) in [6.07, 6.45) is 5.01. The third kappa shape index (κ3) is 4.10. The number of aliphatic hydroxyl groups is 1. The zero-order valence-corrected chi connectivity index (χ0v) is 21.4. The number of ether oxygens (including phenoxy) is 1. The van der Waals surface area contributed by atoms with E-state index in [4.69, 9.17) is 4.74 Å². The van der Waals surface area contributed by atoms with Crippen LogP contribution in [0.1, 0.15) is 50.2 Å². The summed E-state index contributed by atoms with van der Waals surface area (Å²) in [7, 11) is 2.19. The molecule has 1 N–H and O–H groups in total. The number of halogens is 3. The van der Waals surface area contributed by atoms with Crippen LogP contribution in [0.2, 0.25) is 0 Å². The molecule has 0 radical (unpaired) electrons. The number of carbonyl (C=O) groups excluding carboxylic acids is 1. The molecule has 1 aliphatic carbocycles. The van der Waals surface area contributed by atoms with Crippen LogP contribution in [0.25, 0.3) is 0 Å². The Bertz CT molecular complexity index is 966. The van der Waals surface area contributed by atoms with Gasteiger partial charge in [-0.2, -0.15) is 0 Å². The number of benzene rings is 2. The predicted octanol–water partition coefficient (Wildman–Crippen LogP) is 5.41. The molecule has 0 amide bonds. The maximum Gasteiger partial charge on any atom is 0.347 e. The molecule has 7 heteroatoms. The number of nitrogens with zero attached hydrogens (tertiary/aromatic N) is 1. The summed E-state index contributed by atoms with van der Waals surface area (Å²) in [6, 6.07) is 10.6. The number of piperidine rings is 1. The summed E-state index contributed by atoms with van der Waals surface area (Å²) in [5.74, 6) is 0.816. The molecule has 2 bridgehead atoms. The van der Waals surface area contributed by atoms with Gasteiger partial charge in [0.2, 0.25) is 5.60 Å². The molecule has 2 aromatic rings. The molecular weight excluding hydrogens is 504 g/mol. The molecule has 4 unspecified atom stereocenters. The monoisotopic (exact) mass is 535 g/mol. The van der Waals surface area contributed by atoms with Crippen molar-refractivity contribution in [1.82, 2.24) is 4.90 Å². The number of rotatable bonds is 5. The van der Waals surface area contributed by atoms with Gasteiger partial charge in [0.1, 0.15) is 17.7 Å². The van der Waals surface area contributed by atoms with Gasteiger partial charge in [0, 0.05) is 23.9 Å². The zero-order chi connectivity index (χ0) is 24.7. The number of carbonyl (C=O) groups is 1.